The topological polar surface area (TPSA) is 89.3 Å². The van der Waals surface area contributed by atoms with E-state index in [4.69, 9.17) is 5.73 Å². The van der Waals surface area contributed by atoms with E-state index in [2.05, 4.69) is 5.32 Å². The second-order valence-electron chi connectivity index (χ2n) is 4.47. The molecule has 1 amide bonds. The fourth-order valence-electron chi connectivity index (χ4n) is 1.35. The Morgan fingerprint density at radius 1 is 1.30 bits per heavy atom. The summed E-state index contributed by atoms with van der Waals surface area (Å²) in [5, 5.41) is 2.45. The SMILES string of the molecule is CC(N)C(C)C(=O)Nc1cccc(S(=O)(=O)C(F)F)c1. The molecule has 0 aliphatic rings. The van der Waals surface area contributed by atoms with Gasteiger partial charge in [-0.3, -0.25) is 4.79 Å². The van der Waals surface area contributed by atoms with Gasteiger partial charge in [0.15, 0.2) is 0 Å². The lowest BCUT2D eigenvalue weighted by Gasteiger charge is -2.15. The Kier molecular flexibility index (Phi) is 5.18. The van der Waals surface area contributed by atoms with Crippen molar-refractivity contribution < 1.29 is 22.0 Å². The summed E-state index contributed by atoms with van der Waals surface area (Å²) in [6.45, 7) is 3.27. The highest BCUT2D eigenvalue weighted by molar-refractivity contribution is 7.91. The number of nitrogens with one attached hydrogen (secondary N) is 1. The average molecular weight is 306 g/mol. The molecule has 0 fully saturated rings. The lowest BCUT2D eigenvalue weighted by molar-refractivity contribution is -0.119. The number of carbonyl (C=O) groups excluding carboxylic acids is 1. The molecule has 5 nitrogen and oxygen atoms in total. The summed E-state index contributed by atoms with van der Waals surface area (Å²) in [6, 6.07) is 4.35. The van der Waals surface area contributed by atoms with Gasteiger partial charge in [0.25, 0.3) is 0 Å². The number of halogens is 2. The summed E-state index contributed by atoms with van der Waals surface area (Å²) >= 11 is 0. The maximum absolute atomic E-state index is 12.4. The Balaban J connectivity index is 2.98. The van der Waals surface area contributed by atoms with Crippen LogP contribution in [0.4, 0.5) is 14.5 Å². The molecule has 1 aromatic carbocycles. The Morgan fingerprint density at radius 3 is 2.40 bits per heavy atom. The maximum atomic E-state index is 12.4. The Labute approximate surface area is 116 Å². The van der Waals surface area contributed by atoms with Crippen LogP contribution < -0.4 is 11.1 Å². The molecule has 112 valence electrons. The predicted octanol–water partition coefficient (Wildman–Crippen LogP) is 1.60. The van der Waals surface area contributed by atoms with E-state index in [0.29, 0.717) is 0 Å². The molecule has 0 aliphatic carbocycles. The van der Waals surface area contributed by atoms with Crippen LogP contribution in [-0.4, -0.2) is 26.1 Å². The zero-order chi connectivity index (χ0) is 15.5. The maximum Gasteiger partial charge on any atom is 0.341 e. The smallest absolute Gasteiger partial charge is 0.327 e. The highest BCUT2D eigenvalue weighted by Crippen LogP contribution is 2.21. The third kappa shape index (κ3) is 3.73. The van der Waals surface area contributed by atoms with Gasteiger partial charge in [0.05, 0.1) is 10.8 Å². The summed E-state index contributed by atoms with van der Waals surface area (Å²) in [5.74, 6) is -4.41. The van der Waals surface area contributed by atoms with Crippen LogP contribution in [0.5, 0.6) is 0 Å². The van der Waals surface area contributed by atoms with E-state index in [1.54, 1.807) is 13.8 Å². The molecule has 2 unspecified atom stereocenters. The van der Waals surface area contributed by atoms with Crippen LogP contribution in [0, 0.1) is 5.92 Å². The van der Waals surface area contributed by atoms with Crippen molar-refractivity contribution in [3.63, 3.8) is 0 Å². The van der Waals surface area contributed by atoms with Gasteiger partial charge in [-0.25, -0.2) is 8.42 Å². The summed E-state index contributed by atoms with van der Waals surface area (Å²) in [7, 11) is -4.68. The van der Waals surface area contributed by atoms with Crippen molar-refractivity contribution in [2.24, 2.45) is 11.7 Å². The molecule has 1 aromatic rings. The molecular formula is C12H16F2N2O3S. The van der Waals surface area contributed by atoms with Gasteiger partial charge in [-0.2, -0.15) is 8.78 Å². The molecule has 0 aliphatic heterocycles. The van der Waals surface area contributed by atoms with Gasteiger partial charge in [-0.05, 0) is 25.1 Å². The first-order valence-electron chi connectivity index (χ1n) is 5.85. The summed E-state index contributed by atoms with van der Waals surface area (Å²) < 4.78 is 47.5. The quantitative estimate of drug-likeness (QED) is 0.865. The summed E-state index contributed by atoms with van der Waals surface area (Å²) in [5.41, 5.74) is 5.70. The van der Waals surface area contributed by atoms with Crippen LogP contribution >= 0.6 is 0 Å². The summed E-state index contributed by atoms with van der Waals surface area (Å²) in [6.07, 6.45) is 0. The first-order valence-corrected chi connectivity index (χ1v) is 7.39. The Morgan fingerprint density at radius 2 is 1.90 bits per heavy atom. The van der Waals surface area contributed by atoms with Gasteiger partial charge in [0, 0.05) is 11.7 Å². The lowest BCUT2D eigenvalue weighted by Crippen LogP contribution is -2.34. The molecular weight excluding hydrogens is 290 g/mol. The molecule has 20 heavy (non-hydrogen) atoms. The van der Waals surface area contributed by atoms with E-state index < -0.39 is 32.3 Å². The number of alkyl halides is 2. The monoisotopic (exact) mass is 306 g/mol. The van der Waals surface area contributed by atoms with Crippen LogP contribution in [0.1, 0.15) is 13.8 Å². The third-order valence-corrected chi connectivity index (χ3v) is 4.25. The average Bonchev–Trinajstić information content (AvgIpc) is 2.37. The minimum atomic E-state index is -4.68. The number of anilines is 1. The van der Waals surface area contributed by atoms with Crippen LogP contribution in [0.3, 0.4) is 0 Å². The minimum Gasteiger partial charge on any atom is -0.327 e. The van der Waals surface area contributed by atoms with E-state index >= 15 is 0 Å². The van der Waals surface area contributed by atoms with Gasteiger partial charge in [0.2, 0.25) is 15.7 Å². The molecule has 1 rings (SSSR count). The van der Waals surface area contributed by atoms with Gasteiger partial charge in [-0.1, -0.05) is 13.0 Å². The van der Waals surface area contributed by atoms with Gasteiger partial charge < -0.3 is 11.1 Å². The third-order valence-electron chi connectivity index (χ3n) is 2.87. The van der Waals surface area contributed by atoms with Gasteiger partial charge in [-0.15, -0.1) is 0 Å². The molecule has 0 radical (unpaired) electrons. The van der Waals surface area contributed by atoms with Crippen LogP contribution in [0.15, 0.2) is 29.2 Å². The number of sulfone groups is 1. The van der Waals surface area contributed by atoms with E-state index in [0.717, 1.165) is 12.1 Å². The standard InChI is InChI=1S/C12H16F2N2O3S/c1-7(8(2)15)11(17)16-9-4-3-5-10(6-9)20(18,19)12(13)14/h3-8,12H,15H2,1-2H3,(H,16,17). The van der Waals surface area contributed by atoms with E-state index in [-0.39, 0.29) is 11.7 Å². The van der Waals surface area contributed by atoms with Crippen molar-refractivity contribution in [3.8, 4) is 0 Å². The minimum absolute atomic E-state index is 0.129. The van der Waals surface area contributed by atoms with Crippen molar-refractivity contribution in [2.45, 2.75) is 30.5 Å². The largest absolute Gasteiger partial charge is 0.341 e. The molecule has 0 saturated carbocycles. The lowest BCUT2D eigenvalue weighted by atomic mass is 10.0. The van der Waals surface area contributed by atoms with Gasteiger partial charge >= 0.3 is 5.76 Å². The zero-order valence-corrected chi connectivity index (χ0v) is 11.8. The molecule has 0 aromatic heterocycles. The molecule has 0 spiro atoms. The highest BCUT2D eigenvalue weighted by Gasteiger charge is 2.27. The van der Waals surface area contributed by atoms with Crippen molar-refractivity contribution >= 4 is 21.4 Å². The second kappa shape index (κ2) is 6.27. The van der Waals surface area contributed by atoms with Gasteiger partial charge in [0.1, 0.15) is 0 Å². The first kappa shape index (κ1) is 16.5. The molecule has 0 saturated heterocycles. The first-order chi connectivity index (χ1) is 9.16. The van der Waals surface area contributed by atoms with Crippen LogP contribution in [0.25, 0.3) is 0 Å². The number of amides is 1. The van der Waals surface area contributed by atoms with Crippen LogP contribution in [-0.2, 0) is 14.6 Å². The summed E-state index contributed by atoms with van der Waals surface area (Å²) in [4.78, 5) is 11.2. The fraction of sp³-hybridized carbons (Fsp3) is 0.417. The van der Waals surface area contributed by atoms with E-state index in [1.807, 2.05) is 0 Å². The molecule has 2 atom stereocenters. The molecule has 0 bridgehead atoms. The normalized spacial score (nSPS) is 14.9. The van der Waals surface area contributed by atoms with Crippen molar-refractivity contribution in [3.05, 3.63) is 24.3 Å². The Hall–Kier alpha value is -1.54. The number of hydrogen-bond acceptors (Lipinski definition) is 4. The molecule has 3 N–H and O–H groups in total. The van der Waals surface area contributed by atoms with E-state index in [9.17, 15) is 22.0 Å². The van der Waals surface area contributed by atoms with E-state index in [1.165, 1.54) is 12.1 Å². The zero-order valence-electron chi connectivity index (χ0n) is 11.0. The van der Waals surface area contributed by atoms with Crippen molar-refractivity contribution in [1.29, 1.82) is 0 Å². The number of carbonyl (C=O) groups is 1. The molecule has 8 heteroatoms. The fourth-order valence-corrected chi connectivity index (χ4v) is 2.11. The Bertz CT molecular complexity index is 588. The van der Waals surface area contributed by atoms with Crippen LogP contribution in [0.2, 0.25) is 0 Å². The predicted molar refractivity (Wildman–Crippen MR) is 71.1 cm³/mol. The second-order valence-corrected chi connectivity index (χ2v) is 6.39. The van der Waals surface area contributed by atoms with Crippen molar-refractivity contribution in [1.82, 2.24) is 0 Å². The highest BCUT2D eigenvalue weighted by atomic mass is 32.2. The number of rotatable bonds is 5. The molecule has 0 heterocycles. The number of hydrogen-bond donors (Lipinski definition) is 2. The van der Waals surface area contributed by atoms with Crippen molar-refractivity contribution in [2.75, 3.05) is 5.32 Å². The number of benzene rings is 1. The number of nitrogens with two attached hydrogens (primary N) is 1.